The normalized spacial score (nSPS) is 21.4. The van der Waals surface area contributed by atoms with Gasteiger partial charge in [-0.3, -0.25) is 14.5 Å². The molecular formula is C25H26ClNO2. The van der Waals surface area contributed by atoms with Crippen molar-refractivity contribution in [3.63, 3.8) is 0 Å². The second kappa shape index (κ2) is 7.14. The van der Waals surface area contributed by atoms with Gasteiger partial charge in [0.25, 0.3) is 0 Å². The van der Waals surface area contributed by atoms with E-state index in [9.17, 15) is 9.59 Å². The standard InChI is InChI=1S/C25H26ClNO2/c1-15-6-5-7-17(10-15)19-12-23(29)27(18-9-8-16(2)20(26)11-18)21-13-25(3,4)14-22(28)24(19)21/h5-11,19H,12-14H2,1-4H3. The number of benzene rings is 2. The molecule has 0 bridgehead atoms. The first kappa shape index (κ1) is 19.9. The Morgan fingerprint density at radius 1 is 1.03 bits per heavy atom. The third kappa shape index (κ3) is 3.64. The van der Waals surface area contributed by atoms with Crippen LogP contribution in [0, 0.1) is 19.3 Å². The molecule has 1 amide bonds. The molecule has 0 aromatic heterocycles. The maximum atomic E-state index is 13.4. The zero-order valence-electron chi connectivity index (χ0n) is 17.4. The van der Waals surface area contributed by atoms with Gasteiger partial charge in [-0.05, 0) is 48.9 Å². The lowest BCUT2D eigenvalue weighted by atomic mass is 9.69. The maximum Gasteiger partial charge on any atom is 0.232 e. The summed E-state index contributed by atoms with van der Waals surface area (Å²) in [4.78, 5) is 28.4. The molecule has 2 aromatic rings. The van der Waals surface area contributed by atoms with Crippen molar-refractivity contribution in [1.82, 2.24) is 0 Å². The lowest BCUT2D eigenvalue weighted by Gasteiger charge is -2.43. The number of amides is 1. The molecule has 4 rings (SSSR count). The van der Waals surface area contributed by atoms with Crippen molar-refractivity contribution in [2.45, 2.75) is 52.9 Å². The van der Waals surface area contributed by atoms with Crippen LogP contribution in [0.15, 0.2) is 53.7 Å². The van der Waals surface area contributed by atoms with E-state index < -0.39 is 0 Å². The Hall–Kier alpha value is -2.39. The number of rotatable bonds is 2. The summed E-state index contributed by atoms with van der Waals surface area (Å²) in [6, 6.07) is 13.8. The third-order valence-electron chi connectivity index (χ3n) is 6.00. The van der Waals surface area contributed by atoms with E-state index in [2.05, 4.69) is 19.9 Å². The predicted octanol–water partition coefficient (Wildman–Crippen LogP) is 6.12. The first-order valence-corrected chi connectivity index (χ1v) is 10.5. The fourth-order valence-corrected chi connectivity index (χ4v) is 4.78. The monoisotopic (exact) mass is 407 g/mol. The fraction of sp³-hybridized carbons (Fsp3) is 0.360. The summed E-state index contributed by atoms with van der Waals surface area (Å²) in [5, 5.41) is 0.625. The largest absolute Gasteiger partial charge is 0.294 e. The predicted molar refractivity (Wildman–Crippen MR) is 117 cm³/mol. The van der Waals surface area contributed by atoms with Crippen LogP contribution < -0.4 is 4.90 Å². The van der Waals surface area contributed by atoms with E-state index in [1.807, 2.05) is 50.2 Å². The molecule has 0 fully saturated rings. The van der Waals surface area contributed by atoms with Crippen molar-refractivity contribution in [3.05, 3.63) is 75.4 Å². The average molecular weight is 408 g/mol. The molecule has 0 radical (unpaired) electrons. The van der Waals surface area contributed by atoms with Crippen molar-refractivity contribution in [2.75, 3.05) is 4.90 Å². The molecule has 0 saturated carbocycles. The van der Waals surface area contributed by atoms with Crippen LogP contribution in [0.25, 0.3) is 0 Å². The second-order valence-corrected chi connectivity index (χ2v) is 9.54. The molecule has 0 spiro atoms. The van der Waals surface area contributed by atoms with Gasteiger partial charge in [0.05, 0.1) is 5.69 Å². The van der Waals surface area contributed by atoms with Crippen LogP contribution >= 0.6 is 11.6 Å². The minimum atomic E-state index is -0.183. The number of carbonyl (C=O) groups is 2. The van der Waals surface area contributed by atoms with E-state index in [4.69, 9.17) is 11.6 Å². The highest BCUT2D eigenvalue weighted by Gasteiger charge is 2.44. The molecule has 1 aliphatic carbocycles. The van der Waals surface area contributed by atoms with Gasteiger partial charge in [-0.2, -0.15) is 0 Å². The molecule has 3 nitrogen and oxygen atoms in total. The highest BCUT2D eigenvalue weighted by molar-refractivity contribution is 6.31. The number of halogens is 1. The number of nitrogens with zero attached hydrogens (tertiary/aromatic N) is 1. The van der Waals surface area contributed by atoms with Crippen LogP contribution in [-0.4, -0.2) is 11.7 Å². The molecule has 1 heterocycles. The number of carbonyl (C=O) groups excluding carboxylic acids is 2. The summed E-state index contributed by atoms with van der Waals surface area (Å²) in [7, 11) is 0. The summed E-state index contributed by atoms with van der Waals surface area (Å²) >= 11 is 6.36. The number of aryl methyl sites for hydroxylation is 2. The van der Waals surface area contributed by atoms with E-state index >= 15 is 0 Å². The summed E-state index contributed by atoms with van der Waals surface area (Å²) < 4.78 is 0. The Kier molecular flexibility index (Phi) is 4.90. The number of hydrogen-bond acceptors (Lipinski definition) is 2. The average Bonchev–Trinajstić information content (AvgIpc) is 2.62. The Balaban J connectivity index is 1.91. The first-order valence-electron chi connectivity index (χ1n) is 10.1. The Morgan fingerprint density at radius 2 is 1.79 bits per heavy atom. The van der Waals surface area contributed by atoms with Crippen LogP contribution in [0.4, 0.5) is 5.69 Å². The molecule has 0 saturated heterocycles. The summed E-state index contributed by atoms with van der Waals surface area (Å²) in [6.07, 6.45) is 1.48. The van der Waals surface area contributed by atoms with Crippen LogP contribution in [0.2, 0.25) is 5.02 Å². The van der Waals surface area contributed by atoms with Crippen molar-refractivity contribution in [1.29, 1.82) is 0 Å². The molecule has 0 N–H and O–H groups in total. The van der Waals surface area contributed by atoms with E-state index in [-0.39, 0.29) is 23.0 Å². The number of Topliss-reactive ketones (excluding diaryl/α,β-unsaturated/α-hetero) is 1. The SMILES string of the molecule is Cc1cccc(C2CC(=O)N(c3ccc(C)c(Cl)c3)C3=C2C(=O)CC(C)(C)C3)c1. The van der Waals surface area contributed by atoms with E-state index in [0.717, 1.165) is 33.6 Å². The molecule has 2 aliphatic rings. The molecule has 1 atom stereocenters. The Labute approximate surface area is 177 Å². The Morgan fingerprint density at radius 3 is 2.48 bits per heavy atom. The van der Waals surface area contributed by atoms with E-state index in [0.29, 0.717) is 24.3 Å². The molecule has 2 aromatic carbocycles. The van der Waals surface area contributed by atoms with Crippen LogP contribution in [0.5, 0.6) is 0 Å². The van der Waals surface area contributed by atoms with Crippen molar-refractivity contribution >= 4 is 29.0 Å². The van der Waals surface area contributed by atoms with Gasteiger partial charge in [-0.15, -0.1) is 0 Å². The van der Waals surface area contributed by atoms with Gasteiger partial charge >= 0.3 is 0 Å². The van der Waals surface area contributed by atoms with Gasteiger partial charge in [-0.1, -0.05) is 61.3 Å². The minimum Gasteiger partial charge on any atom is -0.294 e. The number of anilines is 1. The summed E-state index contributed by atoms with van der Waals surface area (Å²) in [5.41, 5.74) is 5.34. The van der Waals surface area contributed by atoms with Gasteiger partial charge < -0.3 is 0 Å². The van der Waals surface area contributed by atoms with E-state index in [1.165, 1.54) is 0 Å². The molecule has 4 heteroatoms. The zero-order chi connectivity index (χ0) is 20.9. The molecule has 1 unspecified atom stereocenters. The molecular weight excluding hydrogens is 382 g/mol. The van der Waals surface area contributed by atoms with Gasteiger partial charge in [0.2, 0.25) is 5.91 Å². The minimum absolute atomic E-state index is 0.0145. The quantitative estimate of drug-likeness (QED) is 0.601. The van der Waals surface area contributed by atoms with Crippen molar-refractivity contribution in [3.8, 4) is 0 Å². The Bertz CT molecular complexity index is 1050. The maximum absolute atomic E-state index is 13.4. The highest BCUT2D eigenvalue weighted by Crippen LogP contribution is 2.48. The van der Waals surface area contributed by atoms with E-state index in [1.54, 1.807) is 4.90 Å². The molecule has 1 aliphatic heterocycles. The zero-order valence-corrected chi connectivity index (χ0v) is 18.1. The summed E-state index contributed by atoms with van der Waals surface area (Å²) in [6.45, 7) is 8.16. The van der Waals surface area contributed by atoms with Gasteiger partial charge in [0, 0.05) is 35.1 Å². The van der Waals surface area contributed by atoms with Crippen LogP contribution in [-0.2, 0) is 9.59 Å². The smallest absolute Gasteiger partial charge is 0.232 e. The van der Waals surface area contributed by atoms with Gasteiger partial charge in [-0.25, -0.2) is 0 Å². The number of hydrogen-bond donors (Lipinski definition) is 0. The first-order chi connectivity index (χ1) is 13.7. The number of ketones is 1. The van der Waals surface area contributed by atoms with Crippen LogP contribution in [0.1, 0.15) is 55.7 Å². The number of allylic oxidation sites excluding steroid dienone is 2. The van der Waals surface area contributed by atoms with Crippen molar-refractivity contribution in [2.24, 2.45) is 5.41 Å². The topological polar surface area (TPSA) is 37.4 Å². The lowest BCUT2D eigenvalue weighted by molar-refractivity contribution is -0.121. The third-order valence-corrected chi connectivity index (χ3v) is 6.41. The fourth-order valence-electron chi connectivity index (χ4n) is 4.61. The summed E-state index contributed by atoms with van der Waals surface area (Å²) in [5.74, 6) is -0.0164. The van der Waals surface area contributed by atoms with Gasteiger partial charge in [0.1, 0.15) is 0 Å². The molecule has 150 valence electrons. The van der Waals surface area contributed by atoms with Crippen LogP contribution in [0.3, 0.4) is 0 Å². The second-order valence-electron chi connectivity index (χ2n) is 9.13. The molecule has 29 heavy (non-hydrogen) atoms. The lowest BCUT2D eigenvalue weighted by Crippen LogP contribution is -2.43. The highest BCUT2D eigenvalue weighted by atomic mass is 35.5. The van der Waals surface area contributed by atoms with Crippen molar-refractivity contribution < 1.29 is 9.59 Å². The van der Waals surface area contributed by atoms with Gasteiger partial charge in [0.15, 0.2) is 5.78 Å².